The van der Waals surface area contributed by atoms with E-state index in [2.05, 4.69) is 15.3 Å². The zero-order valence-electron chi connectivity index (χ0n) is 16.7. The summed E-state index contributed by atoms with van der Waals surface area (Å²) in [6, 6.07) is 9.04. The average Bonchev–Trinajstić information content (AvgIpc) is 3.03. The van der Waals surface area contributed by atoms with Crippen LogP contribution in [0.15, 0.2) is 36.4 Å². The molecule has 0 spiro atoms. The number of methoxy groups -OCH3 is 1. The number of amides is 1. The highest BCUT2D eigenvalue weighted by molar-refractivity contribution is 5.75. The molecule has 1 unspecified atom stereocenters. The van der Waals surface area contributed by atoms with Crippen LogP contribution in [0.25, 0.3) is 11.0 Å². The molecule has 1 amide bonds. The summed E-state index contributed by atoms with van der Waals surface area (Å²) in [6.07, 6.45) is -0.561. The minimum atomic E-state index is -0.817. The van der Waals surface area contributed by atoms with Gasteiger partial charge in [-0.25, -0.2) is 18.6 Å². The van der Waals surface area contributed by atoms with Gasteiger partial charge >= 0.3 is 6.09 Å². The zero-order valence-corrected chi connectivity index (χ0v) is 16.7. The van der Waals surface area contributed by atoms with Crippen molar-refractivity contribution in [2.24, 2.45) is 0 Å². The number of fused-ring (bicyclic) bond motifs is 1. The lowest BCUT2D eigenvalue weighted by Gasteiger charge is -2.23. The van der Waals surface area contributed by atoms with Crippen molar-refractivity contribution >= 4 is 17.1 Å². The second kappa shape index (κ2) is 8.06. The lowest BCUT2D eigenvalue weighted by atomic mass is 10.0. The van der Waals surface area contributed by atoms with E-state index in [4.69, 9.17) is 9.47 Å². The summed E-state index contributed by atoms with van der Waals surface area (Å²) in [7, 11) is 1.20. The Kier molecular flexibility index (Phi) is 5.72. The van der Waals surface area contributed by atoms with Gasteiger partial charge in [-0.3, -0.25) is 0 Å². The zero-order chi connectivity index (χ0) is 21.2. The quantitative estimate of drug-likeness (QED) is 0.650. The van der Waals surface area contributed by atoms with Gasteiger partial charge in [-0.15, -0.1) is 0 Å². The van der Waals surface area contributed by atoms with Crippen molar-refractivity contribution in [1.29, 1.82) is 0 Å². The monoisotopic (exact) mass is 403 g/mol. The summed E-state index contributed by atoms with van der Waals surface area (Å²) in [5.74, 6) is -1.63. The fraction of sp³-hybridized carbons (Fsp3) is 0.333. The molecule has 0 aliphatic heterocycles. The van der Waals surface area contributed by atoms with Crippen LogP contribution in [0, 0.1) is 11.6 Å². The number of rotatable bonds is 5. The molecule has 3 rings (SSSR count). The van der Waals surface area contributed by atoms with E-state index in [9.17, 15) is 13.6 Å². The van der Waals surface area contributed by atoms with Crippen LogP contribution < -0.4 is 10.1 Å². The number of imidazole rings is 1. The molecule has 1 aromatic heterocycles. The van der Waals surface area contributed by atoms with Crippen LogP contribution in [0.4, 0.5) is 13.6 Å². The van der Waals surface area contributed by atoms with E-state index in [-0.39, 0.29) is 6.42 Å². The Balaban J connectivity index is 1.93. The first-order chi connectivity index (χ1) is 13.7. The smallest absolute Gasteiger partial charge is 0.408 e. The molecule has 2 aromatic carbocycles. The van der Waals surface area contributed by atoms with Gasteiger partial charge in [0.25, 0.3) is 0 Å². The van der Waals surface area contributed by atoms with E-state index in [1.807, 2.05) is 24.3 Å². The van der Waals surface area contributed by atoms with Gasteiger partial charge in [0.2, 0.25) is 0 Å². The Hall–Kier alpha value is -3.16. The Morgan fingerprint density at radius 2 is 1.86 bits per heavy atom. The van der Waals surface area contributed by atoms with Crippen LogP contribution in [0.5, 0.6) is 5.75 Å². The molecule has 0 aliphatic carbocycles. The highest BCUT2D eigenvalue weighted by Gasteiger charge is 2.24. The molecule has 0 radical (unpaired) electrons. The van der Waals surface area contributed by atoms with Crippen molar-refractivity contribution in [3.8, 4) is 5.75 Å². The van der Waals surface area contributed by atoms with Crippen LogP contribution in [0.1, 0.15) is 38.2 Å². The average molecular weight is 403 g/mol. The number of nitrogens with zero attached hydrogens (tertiary/aromatic N) is 1. The minimum absolute atomic E-state index is 0.0941. The molecule has 2 N–H and O–H groups in total. The summed E-state index contributed by atoms with van der Waals surface area (Å²) in [4.78, 5) is 20.0. The van der Waals surface area contributed by atoms with Crippen molar-refractivity contribution in [3.05, 3.63) is 59.4 Å². The first kappa shape index (κ1) is 20.6. The third-order valence-corrected chi connectivity index (χ3v) is 4.13. The second-order valence-corrected chi connectivity index (χ2v) is 7.63. The number of halogens is 2. The first-order valence-corrected chi connectivity index (χ1v) is 9.12. The van der Waals surface area contributed by atoms with Crippen LogP contribution >= 0.6 is 0 Å². The number of ether oxygens (including phenoxy) is 2. The van der Waals surface area contributed by atoms with Crippen LogP contribution in [-0.4, -0.2) is 28.8 Å². The molecule has 154 valence electrons. The number of H-pyrrole nitrogens is 1. The van der Waals surface area contributed by atoms with Gasteiger partial charge in [-0.1, -0.05) is 12.1 Å². The van der Waals surface area contributed by atoms with Gasteiger partial charge in [-0.2, -0.15) is 0 Å². The third kappa shape index (κ3) is 5.01. The minimum Gasteiger partial charge on any atom is -0.491 e. The Morgan fingerprint density at radius 1 is 1.21 bits per heavy atom. The largest absolute Gasteiger partial charge is 0.491 e. The molecule has 6 nitrogen and oxygen atoms in total. The number of para-hydroxylation sites is 2. The number of alkyl carbamates (subject to hydrolysis) is 1. The maximum atomic E-state index is 14.1. The Morgan fingerprint density at radius 3 is 2.45 bits per heavy atom. The Labute approximate surface area is 167 Å². The maximum Gasteiger partial charge on any atom is 0.408 e. The van der Waals surface area contributed by atoms with Crippen molar-refractivity contribution in [2.75, 3.05) is 7.11 Å². The fourth-order valence-electron chi connectivity index (χ4n) is 2.96. The number of hydrogen-bond donors (Lipinski definition) is 2. The van der Waals surface area contributed by atoms with Gasteiger partial charge in [0.1, 0.15) is 11.4 Å². The van der Waals surface area contributed by atoms with Crippen LogP contribution in [0.2, 0.25) is 0 Å². The highest BCUT2D eigenvalue weighted by Crippen LogP contribution is 2.26. The first-order valence-electron chi connectivity index (χ1n) is 9.12. The summed E-state index contributed by atoms with van der Waals surface area (Å²) >= 11 is 0. The third-order valence-electron chi connectivity index (χ3n) is 4.13. The normalized spacial score (nSPS) is 12.6. The van der Waals surface area contributed by atoms with Gasteiger partial charge in [0.15, 0.2) is 17.4 Å². The molecule has 1 heterocycles. The summed E-state index contributed by atoms with van der Waals surface area (Å²) in [5, 5.41) is 2.74. The molecule has 29 heavy (non-hydrogen) atoms. The number of benzene rings is 2. The van der Waals surface area contributed by atoms with E-state index < -0.39 is 35.1 Å². The molecular weight excluding hydrogens is 380 g/mol. The second-order valence-electron chi connectivity index (χ2n) is 7.63. The van der Waals surface area contributed by atoms with E-state index >= 15 is 0 Å². The maximum absolute atomic E-state index is 14.1. The van der Waals surface area contributed by atoms with Gasteiger partial charge in [0.05, 0.1) is 24.2 Å². The van der Waals surface area contributed by atoms with E-state index in [1.165, 1.54) is 19.2 Å². The van der Waals surface area contributed by atoms with E-state index in [0.29, 0.717) is 16.9 Å². The summed E-state index contributed by atoms with van der Waals surface area (Å²) < 4.78 is 38.3. The Bertz CT molecular complexity index is 971. The van der Waals surface area contributed by atoms with Crippen molar-refractivity contribution < 1.29 is 23.0 Å². The van der Waals surface area contributed by atoms with Crippen molar-refractivity contribution in [2.45, 2.75) is 38.8 Å². The number of carbonyl (C=O) groups is 1. The number of nitrogens with one attached hydrogen (secondary N) is 2. The SMILES string of the molecule is COc1c(F)cc(CC(NC(=O)OC(C)(C)C)c2nc3ccccc3[nH]2)cc1F. The topological polar surface area (TPSA) is 76.2 Å². The number of hydrogen-bond acceptors (Lipinski definition) is 4. The molecule has 3 aromatic rings. The molecule has 0 fully saturated rings. The number of aromatic amines is 1. The molecule has 1 atom stereocenters. The lowest BCUT2D eigenvalue weighted by molar-refractivity contribution is 0.0501. The van der Waals surface area contributed by atoms with E-state index in [1.54, 1.807) is 20.8 Å². The summed E-state index contributed by atoms with van der Waals surface area (Å²) in [6.45, 7) is 5.24. The molecule has 0 bridgehead atoms. The number of carbonyl (C=O) groups excluding carboxylic acids is 1. The molecular formula is C21H23F2N3O3. The standard InChI is InChI=1S/C21H23F2N3O3/c1-21(2,3)29-20(27)26-17(19-24-15-7-5-6-8-16(15)25-19)11-12-9-13(22)18(28-4)14(23)10-12/h5-10,17H,11H2,1-4H3,(H,24,25)(H,26,27). The molecule has 8 heteroatoms. The fourth-order valence-corrected chi connectivity index (χ4v) is 2.96. The highest BCUT2D eigenvalue weighted by atomic mass is 19.1. The summed E-state index contributed by atoms with van der Waals surface area (Å²) in [5.41, 5.74) is 1.14. The van der Waals surface area contributed by atoms with Crippen LogP contribution in [-0.2, 0) is 11.2 Å². The molecule has 0 aliphatic rings. The predicted octanol–water partition coefficient (Wildman–Crippen LogP) is 4.66. The van der Waals surface area contributed by atoms with E-state index in [0.717, 1.165) is 5.52 Å². The number of aromatic nitrogens is 2. The van der Waals surface area contributed by atoms with Crippen molar-refractivity contribution in [1.82, 2.24) is 15.3 Å². The van der Waals surface area contributed by atoms with Gasteiger partial charge in [-0.05, 0) is 50.6 Å². The molecule has 0 saturated heterocycles. The van der Waals surface area contributed by atoms with Gasteiger partial charge in [0, 0.05) is 6.42 Å². The van der Waals surface area contributed by atoms with Gasteiger partial charge < -0.3 is 19.8 Å². The molecule has 0 saturated carbocycles. The predicted molar refractivity (Wildman–Crippen MR) is 105 cm³/mol. The van der Waals surface area contributed by atoms with Crippen LogP contribution in [0.3, 0.4) is 0 Å². The lowest BCUT2D eigenvalue weighted by Crippen LogP contribution is -2.36. The van der Waals surface area contributed by atoms with Crippen molar-refractivity contribution in [3.63, 3.8) is 0 Å².